The molecule has 13 heavy (non-hydrogen) atoms. The number of nitrogens with zero attached hydrogens (tertiary/aromatic N) is 2. The highest BCUT2D eigenvalue weighted by Gasteiger charge is 2.07. The largest absolute Gasteiger partial charge is 0.282 e. The van der Waals surface area contributed by atoms with Crippen molar-refractivity contribution in [3.8, 4) is 0 Å². The second-order valence-electron chi connectivity index (χ2n) is 2.57. The fraction of sp³-hybridized carbons (Fsp3) is 0.250. The normalized spacial score (nSPS) is 10.9. The van der Waals surface area contributed by atoms with E-state index in [0.717, 1.165) is 0 Å². The summed E-state index contributed by atoms with van der Waals surface area (Å²) in [4.78, 5) is 15.8. The van der Waals surface area contributed by atoms with Gasteiger partial charge >= 0.3 is 0 Å². The number of hydrogen-bond acceptors (Lipinski definition) is 3. The van der Waals surface area contributed by atoms with Crippen LogP contribution in [0.1, 0.15) is 6.92 Å². The van der Waals surface area contributed by atoms with Gasteiger partial charge in [0.2, 0.25) is 5.28 Å². The van der Waals surface area contributed by atoms with Crippen LogP contribution in [0.4, 0.5) is 0 Å². The van der Waals surface area contributed by atoms with Gasteiger partial charge in [-0.2, -0.15) is 0 Å². The summed E-state index contributed by atoms with van der Waals surface area (Å²) in [7, 11) is 0. The molecular formula is C8H7ClN2OS. The molecule has 0 aliphatic carbocycles. The fourth-order valence-electron chi connectivity index (χ4n) is 1.19. The van der Waals surface area contributed by atoms with E-state index in [4.69, 9.17) is 11.6 Å². The average molecular weight is 215 g/mol. The summed E-state index contributed by atoms with van der Waals surface area (Å²) in [5.74, 6) is 0. The molecule has 68 valence electrons. The molecule has 0 spiro atoms. The maximum atomic E-state index is 11.7. The molecule has 0 saturated carbocycles. The van der Waals surface area contributed by atoms with Crippen molar-refractivity contribution in [2.24, 2.45) is 0 Å². The van der Waals surface area contributed by atoms with Gasteiger partial charge in [-0.25, -0.2) is 4.98 Å². The zero-order valence-electron chi connectivity index (χ0n) is 6.95. The van der Waals surface area contributed by atoms with Crippen LogP contribution in [0, 0.1) is 0 Å². The highest BCUT2D eigenvalue weighted by atomic mass is 35.5. The molecule has 0 fully saturated rings. The number of hydrogen-bond donors (Lipinski definition) is 0. The van der Waals surface area contributed by atoms with E-state index in [2.05, 4.69) is 4.98 Å². The van der Waals surface area contributed by atoms with Crippen LogP contribution in [0.3, 0.4) is 0 Å². The third-order valence-corrected chi connectivity index (χ3v) is 3.02. The monoisotopic (exact) mass is 214 g/mol. The van der Waals surface area contributed by atoms with Gasteiger partial charge in [0.15, 0.2) is 0 Å². The zero-order chi connectivity index (χ0) is 9.42. The van der Waals surface area contributed by atoms with Gasteiger partial charge in [0.1, 0.15) is 4.70 Å². The Morgan fingerprint density at radius 3 is 3.15 bits per heavy atom. The van der Waals surface area contributed by atoms with Gasteiger partial charge in [0.25, 0.3) is 5.56 Å². The number of fused-ring (bicyclic) bond motifs is 1. The van der Waals surface area contributed by atoms with Gasteiger partial charge in [0, 0.05) is 6.54 Å². The molecule has 2 rings (SSSR count). The van der Waals surface area contributed by atoms with E-state index in [-0.39, 0.29) is 10.8 Å². The summed E-state index contributed by atoms with van der Waals surface area (Å²) < 4.78 is 2.13. The highest BCUT2D eigenvalue weighted by Crippen LogP contribution is 2.16. The Kier molecular flexibility index (Phi) is 2.09. The van der Waals surface area contributed by atoms with Crippen molar-refractivity contribution in [1.82, 2.24) is 9.55 Å². The van der Waals surface area contributed by atoms with Gasteiger partial charge in [-0.05, 0) is 30.0 Å². The van der Waals surface area contributed by atoms with Crippen molar-refractivity contribution in [1.29, 1.82) is 0 Å². The lowest BCUT2D eigenvalue weighted by molar-refractivity contribution is 0.720. The summed E-state index contributed by atoms with van der Waals surface area (Å²) in [6.07, 6.45) is 0. The fourth-order valence-corrected chi connectivity index (χ4v) is 2.26. The number of thiophene rings is 1. The molecule has 3 nitrogen and oxygen atoms in total. The maximum absolute atomic E-state index is 11.7. The van der Waals surface area contributed by atoms with Gasteiger partial charge in [-0.15, -0.1) is 11.3 Å². The van der Waals surface area contributed by atoms with Crippen LogP contribution >= 0.6 is 22.9 Å². The Morgan fingerprint density at radius 1 is 1.69 bits per heavy atom. The summed E-state index contributed by atoms with van der Waals surface area (Å²) in [6, 6.07) is 1.80. The van der Waals surface area contributed by atoms with E-state index < -0.39 is 0 Å². The van der Waals surface area contributed by atoms with E-state index in [0.29, 0.717) is 16.8 Å². The molecule has 2 aromatic rings. The lowest BCUT2D eigenvalue weighted by Gasteiger charge is -2.02. The van der Waals surface area contributed by atoms with E-state index in [9.17, 15) is 4.79 Å². The number of rotatable bonds is 1. The Balaban J connectivity index is 2.93. The lowest BCUT2D eigenvalue weighted by Crippen LogP contribution is -2.20. The van der Waals surface area contributed by atoms with E-state index in [1.807, 2.05) is 12.3 Å². The molecule has 0 atom stereocenters. The molecular weight excluding hydrogens is 208 g/mol. The molecule has 0 saturated heterocycles. The molecule has 0 aliphatic heterocycles. The van der Waals surface area contributed by atoms with Crippen LogP contribution in [-0.2, 0) is 6.54 Å². The third-order valence-electron chi connectivity index (χ3n) is 1.84. The smallest absolute Gasteiger partial charge is 0.272 e. The highest BCUT2D eigenvalue weighted by molar-refractivity contribution is 7.17. The molecule has 2 aromatic heterocycles. The lowest BCUT2D eigenvalue weighted by atomic mass is 10.5. The van der Waals surface area contributed by atoms with Crippen molar-refractivity contribution in [2.75, 3.05) is 0 Å². The molecule has 0 bridgehead atoms. The van der Waals surface area contributed by atoms with Crippen LogP contribution in [0.5, 0.6) is 0 Å². The quantitative estimate of drug-likeness (QED) is 0.682. The molecule has 0 aliphatic rings. The Morgan fingerprint density at radius 2 is 2.46 bits per heavy atom. The van der Waals surface area contributed by atoms with Crippen LogP contribution in [0.15, 0.2) is 16.2 Å². The Hall–Kier alpha value is -0.870. The first-order valence-electron chi connectivity index (χ1n) is 3.87. The number of aromatic nitrogens is 2. The van der Waals surface area contributed by atoms with Crippen molar-refractivity contribution < 1.29 is 0 Å². The number of halogens is 1. The van der Waals surface area contributed by atoms with Gasteiger partial charge in [0.05, 0.1) is 5.52 Å². The minimum absolute atomic E-state index is 0.0486. The Bertz CT molecular complexity index is 502. The van der Waals surface area contributed by atoms with Gasteiger partial charge < -0.3 is 0 Å². The summed E-state index contributed by atoms with van der Waals surface area (Å²) >= 11 is 7.22. The molecule has 0 unspecified atom stereocenters. The molecule has 5 heteroatoms. The van der Waals surface area contributed by atoms with Crippen LogP contribution in [-0.4, -0.2) is 9.55 Å². The molecule has 0 radical (unpaired) electrons. The topological polar surface area (TPSA) is 34.9 Å². The molecule has 0 amide bonds. The average Bonchev–Trinajstić information content (AvgIpc) is 2.53. The minimum Gasteiger partial charge on any atom is -0.282 e. The van der Waals surface area contributed by atoms with Gasteiger partial charge in [-0.3, -0.25) is 9.36 Å². The first-order valence-corrected chi connectivity index (χ1v) is 5.13. The third kappa shape index (κ3) is 1.26. The first-order chi connectivity index (χ1) is 6.24. The summed E-state index contributed by atoms with van der Waals surface area (Å²) in [5.41, 5.74) is 0.636. The molecule has 2 heterocycles. The van der Waals surface area contributed by atoms with Crippen molar-refractivity contribution in [2.45, 2.75) is 13.5 Å². The summed E-state index contributed by atoms with van der Waals surface area (Å²) in [5, 5.41) is 2.11. The summed E-state index contributed by atoms with van der Waals surface area (Å²) in [6.45, 7) is 2.42. The van der Waals surface area contributed by atoms with E-state index in [1.54, 1.807) is 6.07 Å². The second kappa shape index (κ2) is 3.12. The predicted octanol–water partition coefficient (Wildman–Crippen LogP) is 2.13. The second-order valence-corrected chi connectivity index (χ2v) is 3.82. The van der Waals surface area contributed by atoms with Crippen molar-refractivity contribution in [3.05, 3.63) is 27.1 Å². The van der Waals surface area contributed by atoms with Crippen molar-refractivity contribution in [3.63, 3.8) is 0 Å². The van der Waals surface area contributed by atoms with E-state index >= 15 is 0 Å². The first kappa shape index (κ1) is 8.72. The van der Waals surface area contributed by atoms with Crippen molar-refractivity contribution >= 4 is 33.2 Å². The zero-order valence-corrected chi connectivity index (χ0v) is 8.52. The predicted molar refractivity (Wildman–Crippen MR) is 54.6 cm³/mol. The molecule has 0 aromatic carbocycles. The maximum Gasteiger partial charge on any atom is 0.272 e. The SMILES string of the molecule is CCn1c(Cl)nc2ccsc2c1=O. The minimum atomic E-state index is -0.0486. The van der Waals surface area contributed by atoms with E-state index in [1.165, 1.54) is 15.9 Å². The van der Waals surface area contributed by atoms with Crippen LogP contribution in [0.2, 0.25) is 5.28 Å². The standard InChI is InChI=1S/C8H7ClN2OS/c1-2-11-7(12)6-5(3-4-13-6)10-8(11)9/h3-4H,2H2,1H3. The van der Waals surface area contributed by atoms with Gasteiger partial charge in [-0.1, -0.05) is 0 Å². The van der Waals surface area contributed by atoms with Crippen LogP contribution < -0.4 is 5.56 Å². The molecule has 0 N–H and O–H groups in total. The Labute approximate surface area is 83.6 Å². The van der Waals surface area contributed by atoms with Crippen LogP contribution in [0.25, 0.3) is 10.2 Å².